The molecule has 2 amide bonds. The Balaban J connectivity index is 0. The van der Waals surface area contributed by atoms with Gasteiger partial charge in [0.2, 0.25) is 5.96 Å². The van der Waals surface area contributed by atoms with Crippen LogP contribution in [-0.2, 0) is 34.3 Å². The summed E-state index contributed by atoms with van der Waals surface area (Å²) in [6, 6.07) is 0. The highest BCUT2D eigenvalue weighted by Gasteiger charge is 2.12. The van der Waals surface area contributed by atoms with Crippen LogP contribution >= 0.6 is 11.9 Å². The molecule has 0 saturated heterocycles. The molecule has 0 rings (SSSR count). The molecule has 0 aromatic carbocycles. The Hall–Kier alpha value is -1.44. The van der Waals surface area contributed by atoms with Gasteiger partial charge in [-0.25, -0.2) is 22.2 Å². The number of guanidine groups is 1. The summed E-state index contributed by atoms with van der Waals surface area (Å²) < 4.78 is 46.3. The zero-order chi connectivity index (χ0) is 17.1. The SMILES string of the molecule is COC(=O)NC(=NS(C)(=O)=O)NC(=O)OC.CS(=O)OCl. The lowest BCUT2D eigenvalue weighted by molar-refractivity contribution is 0.173. The molecule has 2 N–H and O–H groups in total. The molecule has 0 saturated carbocycles. The van der Waals surface area contributed by atoms with Gasteiger partial charge >= 0.3 is 12.2 Å². The molecule has 11 nitrogen and oxygen atoms in total. The highest BCUT2D eigenvalue weighted by Crippen LogP contribution is 1.86. The van der Waals surface area contributed by atoms with E-state index in [-0.39, 0.29) is 0 Å². The lowest BCUT2D eigenvalue weighted by Gasteiger charge is -2.07. The second-order valence-electron chi connectivity index (χ2n) is 2.87. The quantitative estimate of drug-likeness (QED) is 0.488. The van der Waals surface area contributed by atoms with Crippen LogP contribution < -0.4 is 10.6 Å². The Morgan fingerprint density at radius 2 is 1.48 bits per heavy atom. The molecule has 1 atom stereocenters. The van der Waals surface area contributed by atoms with Crippen LogP contribution in [0.4, 0.5) is 9.59 Å². The van der Waals surface area contributed by atoms with E-state index in [1.807, 2.05) is 10.6 Å². The lowest BCUT2D eigenvalue weighted by atomic mass is 10.8. The number of nitrogens with one attached hydrogen (secondary N) is 2. The van der Waals surface area contributed by atoms with Crippen LogP contribution in [0.25, 0.3) is 0 Å². The first kappa shape index (κ1) is 21.9. The molecule has 14 heteroatoms. The average molecular weight is 368 g/mol. The zero-order valence-corrected chi connectivity index (χ0v) is 13.8. The molecule has 0 heterocycles. The normalized spacial score (nSPS) is 11.1. The van der Waals surface area contributed by atoms with Gasteiger partial charge in [0, 0.05) is 6.26 Å². The average Bonchev–Trinajstić information content (AvgIpc) is 2.36. The second-order valence-corrected chi connectivity index (χ2v) is 5.83. The highest BCUT2D eigenvalue weighted by molar-refractivity contribution is 7.89. The van der Waals surface area contributed by atoms with Crippen molar-refractivity contribution in [1.82, 2.24) is 10.6 Å². The van der Waals surface area contributed by atoms with Gasteiger partial charge in [0.25, 0.3) is 10.0 Å². The Morgan fingerprint density at radius 3 is 1.67 bits per heavy atom. The minimum atomic E-state index is -3.78. The van der Waals surface area contributed by atoms with Crippen molar-refractivity contribution in [3.05, 3.63) is 0 Å². The van der Waals surface area contributed by atoms with Crippen molar-refractivity contribution in [2.45, 2.75) is 0 Å². The summed E-state index contributed by atoms with van der Waals surface area (Å²) >= 11 is 3.23. The maximum atomic E-state index is 10.8. The summed E-state index contributed by atoms with van der Waals surface area (Å²) in [6.45, 7) is 0. The molecule has 0 fully saturated rings. The van der Waals surface area contributed by atoms with Crippen molar-refractivity contribution in [2.75, 3.05) is 26.7 Å². The number of amides is 2. The van der Waals surface area contributed by atoms with E-state index in [1.165, 1.54) is 6.26 Å². The molecule has 0 aromatic heterocycles. The van der Waals surface area contributed by atoms with Crippen molar-refractivity contribution in [2.24, 2.45) is 4.40 Å². The smallest absolute Gasteiger partial charge is 0.413 e. The Kier molecular flexibility index (Phi) is 11.7. The van der Waals surface area contributed by atoms with Crippen LogP contribution in [0.2, 0.25) is 0 Å². The van der Waals surface area contributed by atoms with E-state index >= 15 is 0 Å². The van der Waals surface area contributed by atoms with Crippen LogP contribution in [-0.4, -0.2) is 57.5 Å². The van der Waals surface area contributed by atoms with Crippen LogP contribution in [0.15, 0.2) is 4.40 Å². The molecule has 0 aliphatic heterocycles. The monoisotopic (exact) mass is 367 g/mol. The second kappa shape index (κ2) is 11.2. The molecule has 0 aliphatic carbocycles. The van der Waals surface area contributed by atoms with Gasteiger partial charge in [0.05, 0.1) is 32.3 Å². The van der Waals surface area contributed by atoms with Gasteiger partial charge in [0.15, 0.2) is 11.1 Å². The highest BCUT2D eigenvalue weighted by atomic mass is 35.5. The topological polar surface area (TPSA) is 149 Å². The largest absolute Gasteiger partial charge is 0.453 e. The van der Waals surface area contributed by atoms with Gasteiger partial charge in [-0.05, 0) is 0 Å². The van der Waals surface area contributed by atoms with Gasteiger partial charge in [-0.15, -0.1) is 4.40 Å². The lowest BCUT2D eigenvalue weighted by Crippen LogP contribution is -2.44. The fourth-order valence-electron chi connectivity index (χ4n) is 0.538. The fourth-order valence-corrected chi connectivity index (χ4v) is 0.961. The maximum absolute atomic E-state index is 10.8. The van der Waals surface area contributed by atoms with Crippen molar-refractivity contribution < 1.29 is 35.4 Å². The summed E-state index contributed by atoms with van der Waals surface area (Å²) in [5.41, 5.74) is 0. The number of sulfonamides is 1. The van der Waals surface area contributed by atoms with E-state index in [9.17, 15) is 22.2 Å². The first-order valence-electron chi connectivity index (χ1n) is 4.68. The molecule has 0 spiro atoms. The van der Waals surface area contributed by atoms with Crippen LogP contribution in [0.1, 0.15) is 0 Å². The van der Waals surface area contributed by atoms with Gasteiger partial charge in [0.1, 0.15) is 0 Å². The standard InChI is InChI=1S/C6H11N3O6S.CH3ClO2S/c1-14-5(10)7-4(8-6(11)15-2)9-16(3,12)13;1-5(3)4-2/h1-3H3,(H2,7,8,9,10,11);1H3. The fraction of sp³-hybridized carbons (Fsp3) is 0.571. The minimum absolute atomic E-state index is 0.610. The molecule has 0 aliphatic rings. The van der Waals surface area contributed by atoms with Crippen molar-refractivity contribution >= 4 is 51.1 Å². The number of ether oxygens (including phenoxy) is 2. The Morgan fingerprint density at radius 1 is 1.14 bits per heavy atom. The third-order valence-corrected chi connectivity index (χ3v) is 2.38. The third-order valence-electron chi connectivity index (χ3n) is 1.16. The number of hydrogen-bond acceptors (Lipinski definition) is 8. The predicted octanol–water partition coefficient (Wildman–Crippen LogP) is -0.536. The number of carbonyl (C=O) groups excluding carboxylic acids is 2. The van der Waals surface area contributed by atoms with Crippen LogP contribution in [0.5, 0.6) is 0 Å². The van der Waals surface area contributed by atoms with Crippen molar-refractivity contribution in [3.8, 4) is 0 Å². The van der Waals surface area contributed by atoms with E-state index in [0.717, 1.165) is 20.5 Å². The number of methoxy groups -OCH3 is 2. The summed E-state index contributed by atoms with van der Waals surface area (Å²) in [6.07, 6.45) is 0.148. The number of hydrogen-bond donors (Lipinski definition) is 2. The number of alkyl carbamates (subject to hydrolysis) is 2. The van der Waals surface area contributed by atoms with Gasteiger partial charge in [-0.1, -0.05) is 0 Å². The number of carbonyl (C=O) groups is 2. The van der Waals surface area contributed by atoms with Crippen LogP contribution in [0, 0.1) is 0 Å². The van der Waals surface area contributed by atoms with Crippen molar-refractivity contribution in [1.29, 1.82) is 0 Å². The molecular formula is C7H14ClN3O8S2. The molecule has 1 unspecified atom stereocenters. The molecule has 124 valence electrons. The molecule has 0 bridgehead atoms. The molecule has 0 aromatic rings. The Bertz CT molecular complexity index is 486. The predicted molar refractivity (Wildman–Crippen MR) is 74.4 cm³/mol. The first-order valence-corrected chi connectivity index (χ1v) is 8.32. The summed E-state index contributed by atoms with van der Waals surface area (Å²) in [4.78, 5) is 21.6. The molecule has 21 heavy (non-hydrogen) atoms. The number of halogens is 1. The first-order chi connectivity index (χ1) is 9.55. The summed E-state index contributed by atoms with van der Waals surface area (Å²) in [7, 11) is -1.66. The minimum Gasteiger partial charge on any atom is -0.453 e. The number of rotatable bonds is 2. The Labute approximate surface area is 128 Å². The van der Waals surface area contributed by atoms with E-state index in [0.29, 0.717) is 0 Å². The summed E-state index contributed by atoms with van der Waals surface area (Å²) in [5, 5.41) is 3.77. The number of nitrogens with zero attached hydrogens (tertiary/aromatic N) is 1. The van der Waals surface area contributed by atoms with Gasteiger partial charge < -0.3 is 9.47 Å². The van der Waals surface area contributed by atoms with Gasteiger partial charge in [-0.2, -0.15) is 3.74 Å². The van der Waals surface area contributed by atoms with Gasteiger partial charge in [-0.3, -0.25) is 10.6 Å². The van der Waals surface area contributed by atoms with E-state index in [1.54, 1.807) is 0 Å². The van der Waals surface area contributed by atoms with E-state index in [4.69, 9.17) is 0 Å². The van der Waals surface area contributed by atoms with Crippen molar-refractivity contribution in [3.63, 3.8) is 0 Å². The zero-order valence-electron chi connectivity index (χ0n) is 11.4. The molecule has 0 radical (unpaired) electrons. The third kappa shape index (κ3) is 16.5. The molecular weight excluding hydrogens is 354 g/mol. The van der Waals surface area contributed by atoms with Crippen LogP contribution in [0.3, 0.4) is 0 Å². The van der Waals surface area contributed by atoms with E-state index in [2.05, 4.69) is 29.5 Å². The summed E-state index contributed by atoms with van der Waals surface area (Å²) in [5.74, 6) is -0.610. The van der Waals surface area contributed by atoms with E-state index < -0.39 is 39.2 Å². The maximum Gasteiger partial charge on any atom is 0.413 e.